The Kier molecular flexibility index (Phi) is 3.27. The van der Waals surface area contributed by atoms with E-state index in [2.05, 4.69) is 10.6 Å². The highest BCUT2D eigenvalue weighted by Crippen LogP contribution is 2.31. The highest BCUT2D eigenvalue weighted by atomic mass is 16.2. The van der Waals surface area contributed by atoms with Gasteiger partial charge in [0, 0.05) is 12.1 Å². The van der Waals surface area contributed by atoms with Gasteiger partial charge in [-0.3, -0.25) is 9.59 Å². The lowest BCUT2D eigenvalue weighted by atomic mass is 9.78. The molecule has 0 aromatic rings. The predicted molar refractivity (Wildman–Crippen MR) is 67.8 cm³/mol. The molecule has 2 N–H and O–H groups in total. The molecule has 2 aliphatic carbocycles. The fourth-order valence-corrected chi connectivity index (χ4v) is 3.81. The topological polar surface area (TPSA) is 58.2 Å². The van der Waals surface area contributed by atoms with Gasteiger partial charge in [0.25, 0.3) is 0 Å². The van der Waals surface area contributed by atoms with Crippen LogP contribution >= 0.6 is 0 Å². The first-order chi connectivity index (χ1) is 8.75. The van der Waals surface area contributed by atoms with Crippen LogP contribution in [0.5, 0.6) is 0 Å². The standard InChI is InChI=1S/C14H22N2O2/c17-13-9-5-1-3-7-11(9)15-14(18)10-6-2-4-8-12(10)16-13/h9-12H,1-8H2,(H,15,18)(H,16,17). The van der Waals surface area contributed by atoms with Crippen molar-refractivity contribution >= 4 is 11.8 Å². The highest BCUT2D eigenvalue weighted by Gasteiger charge is 2.40. The van der Waals surface area contributed by atoms with E-state index in [1.807, 2.05) is 0 Å². The van der Waals surface area contributed by atoms with E-state index >= 15 is 0 Å². The summed E-state index contributed by atoms with van der Waals surface area (Å²) in [6.45, 7) is 0. The van der Waals surface area contributed by atoms with E-state index in [9.17, 15) is 9.59 Å². The van der Waals surface area contributed by atoms with Gasteiger partial charge in [0.05, 0.1) is 11.8 Å². The molecule has 4 atom stereocenters. The third-order valence-corrected chi connectivity index (χ3v) is 4.86. The zero-order chi connectivity index (χ0) is 12.5. The molecular formula is C14H22N2O2. The minimum Gasteiger partial charge on any atom is -0.352 e. The van der Waals surface area contributed by atoms with Crippen LogP contribution in [0.3, 0.4) is 0 Å². The Morgan fingerprint density at radius 2 is 1.06 bits per heavy atom. The predicted octanol–water partition coefficient (Wildman–Crippen LogP) is 1.35. The third-order valence-electron chi connectivity index (χ3n) is 4.86. The molecule has 1 aliphatic heterocycles. The van der Waals surface area contributed by atoms with Crippen molar-refractivity contribution in [3.05, 3.63) is 0 Å². The number of amides is 2. The Balaban J connectivity index is 1.81. The summed E-state index contributed by atoms with van der Waals surface area (Å²) in [6.07, 6.45) is 8.24. The summed E-state index contributed by atoms with van der Waals surface area (Å²) in [6, 6.07) is 0.156. The van der Waals surface area contributed by atoms with Crippen molar-refractivity contribution in [2.75, 3.05) is 0 Å². The van der Waals surface area contributed by atoms with Crippen LogP contribution in [0.15, 0.2) is 0 Å². The van der Waals surface area contributed by atoms with Crippen LogP contribution in [-0.4, -0.2) is 23.9 Å². The second kappa shape index (κ2) is 4.90. The van der Waals surface area contributed by atoms with Crippen molar-refractivity contribution in [1.29, 1.82) is 0 Å². The summed E-state index contributed by atoms with van der Waals surface area (Å²) in [4.78, 5) is 24.6. The Morgan fingerprint density at radius 1 is 0.667 bits per heavy atom. The van der Waals surface area contributed by atoms with Gasteiger partial charge < -0.3 is 10.6 Å². The van der Waals surface area contributed by atoms with Gasteiger partial charge in [0.2, 0.25) is 11.8 Å². The van der Waals surface area contributed by atoms with Crippen LogP contribution in [0.2, 0.25) is 0 Å². The maximum Gasteiger partial charge on any atom is 0.225 e. The average molecular weight is 250 g/mol. The first kappa shape index (κ1) is 12.0. The quantitative estimate of drug-likeness (QED) is 0.682. The van der Waals surface area contributed by atoms with Crippen molar-refractivity contribution in [3.63, 3.8) is 0 Å². The molecule has 4 nitrogen and oxygen atoms in total. The van der Waals surface area contributed by atoms with Crippen LogP contribution in [0.4, 0.5) is 0 Å². The molecule has 1 saturated heterocycles. The van der Waals surface area contributed by atoms with Crippen LogP contribution in [-0.2, 0) is 9.59 Å². The Bertz CT molecular complexity index is 322. The molecule has 3 aliphatic rings. The van der Waals surface area contributed by atoms with Gasteiger partial charge >= 0.3 is 0 Å². The second-order valence-corrected chi connectivity index (χ2v) is 6.01. The molecule has 0 spiro atoms. The molecule has 2 saturated carbocycles. The molecule has 0 aromatic heterocycles. The minimum absolute atomic E-state index is 0.00516. The van der Waals surface area contributed by atoms with Crippen LogP contribution < -0.4 is 10.6 Å². The zero-order valence-electron chi connectivity index (χ0n) is 10.8. The Labute approximate surface area is 108 Å². The lowest BCUT2D eigenvalue weighted by molar-refractivity contribution is -0.135. The minimum atomic E-state index is 0.00516. The molecule has 4 unspecified atom stereocenters. The van der Waals surface area contributed by atoms with Gasteiger partial charge in [-0.25, -0.2) is 0 Å². The van der Waals surface area contributed by atoms with Crippen LogP contribution in [0.25, 0.3) is 0 Å². The summed E-state index contributed by atoms with van der Waals surface area (Å²) < 4.78 is 0. The monoisotopic (exact) mass is 250 g/mol. The second-order valence-electron chi connectivity index (χ2n) is 6.01. The molecule has 0 aromatic carbocycles. The van der Waals surface area contributed by atoms with E-state index in [4.69, 9.17) is 0 Å². The molecule has 0 bridgehead atoms. The number of nitrogens with one attached hydrogen (secondary N) is 2. The molecular weight excluding hydrogens is 228 g/mol. The van der Waals surface area contributed by atoms with Gasteiger partial charge in [-0.05, 0) is 25.7 Å². The molecule has 18 heavy (non-hydrogen) atoms. The largest absolute Gasteiger partial charge is 0.352 e. The average Bonchev–Trinajstić information content (AvgIpc) is 2.38. The van der Waals surface area contributed by atoms with Gasteiger partial charge in [0.1, 0.15) is 0 Å². The van der Waals surface area contributed by atoms with E-state index in [0.717, 1.165) is 51.4 Å². The van der Waals surface area contributed by atoms with Crippen molar-refractivity contribution in [2.45, 2.75) is 63.5 Å². The van der Waals surface area contributed by atoms with E-state index in [1.54, 1.807) is 0 Å². The summed E-state index contributed by atoms with van der Waals surface area (Å²) in [5, 5.41) is 6.30. The molecule has 0 radical (unpaired) electrons. The number of carbonyl (C=O) groups is 2. The van der Waals surface area contributed by atoms with E-state index < -0.39 is 0 Å². The van der Waals surface area contributed by atoms with Gasteiger partial charge in [-0.1, -0.05) is 25.7 Å². The maximum atomic E-state index is 12.3. The maximum absolute atomic E-state index is 12.3. The molecule has 4 heteroatoms. The summed E-state index contributed by atoms with van der Waals surface area (Å²) >= 11 is 0. The first-order valence-corrected chi connectivity index (χ1v) is 7.36. The fraction of sp³-hybridized carbons (Fsp3) is 0.857. The highest BCUT2D eigenvalue weighted by molar-refractivity contribution is 5.86. The van der Waals surface area contributed by atoms with E-state index in [0.29, 0.717) is 0 Å². The number of rotatable bonds is 0. The van der Waals surface area contributed by atoms with Crippen molar-refractivity contribution in [2.24, 2.45) is 11.8 Å². The Morgan fingerprint density at radius 3 is 1.50 bits per heavy atom. The number of hydrogen-bond acceptors (Lipinski definition) is 2. The molecule has 2 amide bonds. The SMILES string of the molecule is O=C1NC2CCCCC2C(=O)NC2CCCCC12. The van der Waals surface area contributed by atoms with E-state index in [1.165, 1.54) is 0 Å². The smallest absolute Gasteiger partial charge is 0.225 e. The zero-order valence-corrected chi connectivity index (χ0v) is 10.8. The Hall–Kier alpha value is -1.06. The van der Waals surface area contributed by atoms with Gasteiger partial charge in [-0.15, -0.1) is 0 Å². The molecule has 3 rings (SSSR count). The normalized spacial score (nSPS) is 40.7. The molecule has 3 fully saturated rings. The van der Waals surface area contributed by atoms with Gasteiger partial charge in [-0.2, -0.15) is 0 Å². The van der Waals surface area contributed by atoms with Crippen molar-refractivity contribution in [1.82, 2.24) is 10.6 Å². The summed E-state index contributed by atoms with van der Waals surface area (Å²) in [7, 11) is 0. The van der Waals surface area contributed by atoms with Gasteiger partial charge in [0.15, 0.2) is 0 Å². The molecule has 100 valence electrons. The number of fused-ring (bicyclic) bond motifs is 2. The first-order valence-electron chi connectivity index (χ1n) is 7.36. The number of carbonyl (C=O) groups excluding carboxylic acids is 2. The third kappa shape index (κ3) is 2.13. The summed E-state index contributed by atoms with van der Waals surface area (Å²) in [5.74, 6) is 0.365. The number of hydrogen-bond donors (Lipinski definition) is 2. The van der Waals surface area contributed by atoms with E-state index in [-0.39, 0.29) is 35.7 Å². The fourth-order valence-electron chi connectivity index (χ4n) is 3.81. The van der Waals surface area contributed by atoms with Crippen LogP contribution in [0, 0.1) is 11.8 Å². The van der Waals surface area contributed by atoms with Crippen LogP contribution in [0.1, 0.15) is 51.4 Å². The lowest BCUT2D eigenvalue weighted by Gasteiger charge is -2.40. The lowest BCUT2D eigenvalue weighted by Crippen LogP contribution is -2.59. The van der Waals surface area contributed by atoms with Crippen molar-refractivity contribution < 1.29 is 9.59 Å². The summed E-state index contributed by atoms with van der Waals surface area (Å²) in [5.41, 5.74) is 0. The van der Waals surface area contributed by atoms with Crippen molar-refractivity contribution in [3.8, 4) is 0 Å². The molecule has 1 heterocycles.